The zero-order valence-electron chi connectivity index (χ0n) is 12.9. The minimum Gasteiger partial charge on any atom is -0.264 e. The zero-order valence-corrected chi connectivity index (χ0v) is 14.5. The third-order valence-electron chi connectivity index (χ3n) is 2.97. The highest BCUT2D eigenvalue weighted by Crippen LogP contribution is 2.28. The second-order valence-corrected chi connectivity index (χ2v) is 7.50. The molecule has 0 aromatic heterocycles. The van der Waals surface area contributed by atoms with Gasteiger partial charge in [-0.15, -0.1) is 0 Å². The monoisotopic (exact) mass is 393 g/mol. The van der Waals surface area contributed by atoms with E-state index in [1.807, 2.05) is 0 Å². The van der Waals surface area contributed by atoms with Crippen LogP contribution in [0.4, 0.5) is 17.6 Å². The summed E-state index contributed by atoms with van der Waals surface area (Å²) in [4.78, 5) is -1.16. The van der Waals surface area contributed by atoms with Gasteiger partial charge in [0, 0.05) is 10.5 Å². The third-order valence-corrected chi connectivity index (χ3v) is 4.97. The summed E-state index contributed by atoms with van der Waals surface area (Å²) < 4.78 is 82.5. The van der Waals surface area contributed by atoms with E-state index in [0.717, 1.165) is 18.7 Å². The first-order valence-electron chi connectivity index (χ1n) is 6.69. The Labute approximate surface area is 145 Å². The predicted octanol–water partition coefficient (Wildman–Crippen LogP) is 4.38. The normalized spacial score (nSPS) is 12.3. The minimum absolute atomic E-state index is 0.0867. The number of nitrogens with zero attached hydrogens (tertiary/aromatic N) is 1. The summed E-state index contributed by atoms with van der Waals surface area (Å²) in [6.45, 7) is 2.16. The number of halogens is 4. The molecule has 0 atom stereocenters. The lowest BCUT2D eigenvalue weighted by atomic mass is 10.2. The maximum atomic E-state index is 13.8. The van der Waals surface area contributed by atoms with Crippen molar-refractivity contribution in [3.63, 3.8) is 0 Å². The molecule has 2 aromatic rings. The van der Waals surface area contributed by atoms with Gasteiger partial charge in [0.25, 0.3) is 0 Å². The van der Waals surface area contributed by atoms with Crippen LogP contribution in [0, 0.1) is 30.2 Å². The molecule has 10 heteroatoms. The number of benzene rings is 2. The van der Waals surface area contributed by atoms with Crippen LogP contribution in [0.25, 0.3) is 0 Å². The van der Waals surface area contributed by atoms with E-state index in [4.69, 9.17) is 0 Å². The van der Waals surface area contributed by atoms with Crippen molar-refractivity contribution < 1.29 is 30.3 Å². The van der Waals surface area contributed by atoms with Crippen molar-refractivity contribution >= 4 is 26.9 Å². The molecule has 4 nitrogen and oxygen atoms in total. The summed E-state index contributed by atoms with van der Waals surface area (Å²) in [5.41, 5.74) is -0.978. The van der Waals surface area contributed by atoms with Crippen molar-refractivity contribution in [3.8, 4) is 0 Å². The molecule has 134 valence electrons. The first kappa shape index (κ1) is 19.3. The summed E-state index contributed by atoms with van der Waals surface area (Å²) in [6, 6.07) is 8.65. The fraction of sp³-hybridized carbons (Fsp3) is 0.133. The fourth-order valence-corrected chi connectivity index (χ4v) is 3.42. The average Bonchev–Trinajstić information content (AvgIpc) is 2.57. The Bertz CT molecular complexity index is 903. The summed E-state index contributed by atoms with van der Waals surface area (Å²) in [6.07, 6.45) is 0. The van der Waals surface area contributed by atoms with Gasteiger partial charge in [-0.2, -0.15) is 8.42 Å². The van der Waals surface area contributed by atoms with Crippen molar-refractivity contribution in [3.05, 3.63) is 59.2 Å². The van der Waals surface area contributed by atoms with Gasteiger partial charge in [0.2, 0.25) is 0 Å². The van der Waals surface area contributed by atoms with E-state index in [2.05, 4.69) is 9.44 Å². The molecule has 0 fully saturated rings. The number of rotatable bonds is 4. The van der Waals surface area contributed by atoms with Crippen molar-refractivity contribution in [2.45, 2.75) is 23.6 Å². The second kappa shape index (κ2) is 7.44. The van der Waals surface area contributed by atoms with E-state index in [1.165, 1.54) is 6.92 Å². The van der Waals surface area contributed by atoms with Gasteiger partial charge in [0.05, 0.1) is 0 Å². The van der Waals surface area contributed by atoms with E-state index in [1.54, 1.807) is 30.3 Å². The Morgan fingerprint density at radius 1 is 1.00 bits per heavy atom. The van der Waals surface area contributed by atoms with E-state index in [-0.39, 0.29) is 5.04 Å². The molecule has 0 aliphatic rings. The van der Waals surface area contributed by atoms with Crippen LogP contribution < -0.4 is 0 Å². The maximum absolute atomic E-state index is 13.8. The molecule has 0 radical (unpaired) electrons. The lowest BCUT2D eigenvalue weighted by molar-refractivity contribution is 0.327. The highest BCUT2D eigenvalue weighted by molar-refractivity contribution is 8.13. The van der Waals surface area contributed by atoms with Crippen LogP contribution in [0.1, 0.15) is 12.5 Å². The minimum atomic E-state index is -5.20. The molecule has 0 aliphatic heterocycles. The van der Waals surface area contributed by atoms with Gasteiger partial charge in [-0.3, -0.25) is 4.28 Å². The van der Waals surface area contributed by atoms with E-state index >= 15 is 0 Å². The van der Waals surface area contributed by atoms with Gasteiger partial charge in [-0.1, -0.05) is 35.1 Å². The van der Waals surface area contributed by atoms with Crippen molar-refractivity contribution in [1.82, 2.24) is 0 Å². The maximum Gasteiger partial charge on any atom is 0.364 e. The summed E-state index contributed by atoms with van der Waals surface area (Å²) in [7, 11) is -5.20. The summed E-state index contributed by atoms with van der Waals surface area (Å²) in [5, 5.41) is 3.33. The fourth-order valence-electron chi connectivity index (χ4n) is 1.76. The van der Waals surface area contributed by atoms with Gasteiger partial charge < -0.3 is 0 Å². The van der Waals surface area contributed by atoms with Crippen molar-refractivity contribution in [2.24, 2.45) is 5.16 Å². The third kappa shape index (κ3) is 4.13. The Hall–Kier alpha value is -2.07. The Balaban J connectivity index is 2.33. The topological polar surface area (TPSA) is 55.7 Å². The molecule has 0 saturated carbocycles. The molecule has 0 aliphatic carbocycles. The van der Waals surface area contributed by atoms with Gasteiger partial charge in [-0.25, -0.2) is 17.6 Å². The van der Waals surface area contributed by atoms with Gasteiger partial charge in [0.1, 0.15) is 5.04 Å². The quantitative estimate of drug-likeness (QED) is 0.193. The first-order valence-corrected chi connectivity index (χ1v) is 8.91. The molecule has 25 heavy (non-hydrogen) atoms. The van der Waals surface area contributed by atoms with E-state index in [0.29, 0.717) is 4.90 Å². The molecule has 2 rings (SSSR count). The number of hydrogen-bond donors (Lipinski definition) is 0. The molecule has 0 heterocycles. The molecule has 0 unspecified atom stereocenters. The standard InChI is InChI=1S/C15H11F4NO3S2/c1-8-11(16)13(18)15(14(19)12(8)17)25(21,22)23-20-9(2)24-10-6-4-3-5-7-10/h3-7H,1-2H3/b20-9-. The Kier molecular flexibility index (Phi) is 5.73. The van der Waals surface area contributed by atoms with Crippen LogP contribution in [0.3, 0.4) is 0 Å². The summed E-state index contributed by atoms with van der Waals surface area (Å²) >= 11 is 1.02. The molecule has 2 aromatic carbocycles. The molecule has 0 N–H and O–H groups in total. The first-order chi connectivity index (χ1) is 11.6. The lowest BCUT2D eigenvalue weighted by Gasteiger charge is -2.09. The SMILES string of the molecule is C/C(=N/OS(=O)(=O)c1c(F)c(F)c(C)c(F)c1F)Sc1ccccc1. The average molecular weight is 393 g/mol. The molecule has 0 saturated heterocycles. The van der Waals surface area contributed by atoms with Gasteiger partial charge in [0.15, 0.2) is 28.2 Å². The van der Waals surface area contributed by atoms with Gasteiger partial charge >= 0.3 is 10.1 Å². The van der Waals surface area contributed by atoms with Gasteiger partial charge in [-0.05, 0) is 26.0 Å². The highest BCUT2D eigenvalue weighted by atomic mass is 32.2. The van der Waals surface area contributed by atoms with E-state index < -0.39 is 43.8 Å². The lowest BCUT2D eigenvalue weighted by Crippen LogP contribution is -2.13. The van der Waals surface area contributed by atoms with Crippen LogP contribution in [0.2, 0.25) is 0 Å². The highest BCUT2D eigenvalue weighted by Gasteiger charge is 2.33. The number of thioether (sulfide) groups is 1. The van der Waals surface area contributed by atoms with Crippen molar-refractivity contribution in [1.29, 1.82) is 0 Å². The van der Waals surface area contributed by atoms with Crippen LogP contribution in [-0.2, 0) is 14.4 Å². The van der Waals surface area contributed by atoms with Crippen LogP contribution in [0.15, 0.2) is 45.3 Å². The van der Waals surface area contributed by atoms with Crippen LogP contribution >= 0.6 is 11.8 Å². The zero-order chi connectivity index (χ0) is 18.8. The van der Waals surface area contributed by atoms with E-state index in [9.17, 15) is 26.0 Å². The second-order valence-electron chi connectivity index (χ2n) is 4.76. The Morgan fingerprint density at radius 3 is 2.04 bits per heavy atom. The number of hydrogen-bond acceptors (Lipinski definition) is 5. The molecule has 0 spiro atoms. The largest absolute Gasteiger partial charge is 0.364 e. The summed E-state index contributed by atoms with van der Waals surface area (Å²) in [5.74, 6) is -7.78. The smallest absolute Gasteiger partial charge is 0.264 e. The number of oxime groups is 1. The predicted molar refractivity (Wildman–Crippen MR) is 84.7 cm³/mol. The van der Waals surface area contributed by atoms with Crippen LogP contribution in [-0.4, -0.2) is 13.5 Å². The molecular weight excluding hydrogens is 382 g/mol. The molecule has 0 bridgehead atoms. The van der Waals surface area contributed by atoms with Crippen LogP contribution in [0.5, 0.6) is 0 Å². The van der Waals surface area contributed by atoms with Crippen molar-refractivity contribution in [2.75, 3.05) is 0 Å². The molecule has 0 amide bonds. The molecular formula is C15H11F4NO3S2. The Morgan fingerprint density at radius 2 is 1.52 bits per heavy atom.